The zero-order valence-electron chi connectivity index (χ0n) is 70.9. The Kier molecular flexibility index (Phi) is 26.0. The molecular formula is C89H113N7O22. The third-order valence-corrected chi connectivity index (χ3v) is 24.4. The molecule has 1 fully saturated rings. The Morgan fingerprint density at radius 1 is 0.602 bits per heavy atom. The van der Waals surface area contributed by atoms with E-state index < -0.39 is 160 Å². The van der Waals surface area contributed by atoms with Crippen LogP contribution in [0.1, 0.15) is 161 Å². The molecule has 0 aliphatic carbocycles. The van der Waals surface area contributed by atoms with Gasteiger partial charge < -0.3 is 94.3 Å². The Hall–Kier alpha value is -10.3. The number of esters is 2. The monoisotopic (exact) mass is 1630 g/mol. The number of aromatic hydroxyl groups is 4. The van der Waals surface area contributed by atoms with E-state index in [9.17, 15) is 69.6 Å². The number of aromatic nitrogens is 2. The molecule has 0 radical (unpaired) electrons. The molecule has 1 spiro atoms. The molecule has 2 aromatic heterocycles. The lowest BCUT2D eigenvalue weighted by atomic mass is 9.78. The predicted molar refractivity (Wildman–Crippen MR) is 441 cm³/mol. The second kappa shape index (κ2) is 34.6. The molecule has 10 N–H and O–H groups in total. The Bertz CT molecular complexity index is 5320. The SMILES string of the molecule is CO[C@H]1C=CO[C@@]2(C)Oc3c(C)c(O)c4c(O)c(c5c(c4c3C2=O)NC2(CCN(CC(C)C)CC2)N=5)=NC(=O)/C(C)=C\C=C/[C@H](C)[C@H](O)[C@@H](C)[C@@H](O)[C@@H](C)[C@H](OC(C)=O)[C@@H]1C.CO[C@H]1C=CO[C@@]2(C)Oc3c(C)c(O)c4c(O)c(c5c(nc6cc(C)ccn65)c4c3C2=O)NC(=O)/C(C)=C\C=C/[C@H](C)[C@H](O)[C@@H](C)[C@@H](O)[C@@H](C)[C@H](OC(C)=O)[C@@H]1C. The highest BCUT2D eigenvalue weighted by Gasteiger charge is 2.53. The lowest BCUT2D eigenvalue weighted by molar-refractivity contribution is -0.161. The number of rotatable bonds is 6. The smallest absolute Gasteiger partial charge is 0.312 e. The van der Waals surface area contributed by atoms with Crippen molar-refractivity contribution in [3.05, 3.63) is 129 Å². The number of phenols is 4. The molecule has 636 valence electrons. The summed E-state index contributed by atoms with van der Waals surface area (Å²) in [6.07, 6.45) is 10.7. The number of phenolic OH excluding ortho intramolecular Hbond substituents is 4. The summed E-state index contributed by atoms with van der Waals surface area (Å²) in [5.41, 5.74) is 2.07. The number of amides is 2. The number of Topliss-reactive ketones (excluding diaryl/α,β-unsaturated/α-hetero) is 2. The summed E-state index contributed by atoms with van der Waals surface area (Å²) in [5.74, 6) is -13.5. The van der Waals surface area contributed by atoms with E-state index in [1.165, 1.54) is 67.4 Å². The van der Waals surface area contributed by atoms with Crippen LogP contribution in [0.15, 0.2) is 101 Å². The number of carbonyl (C=O) groups is 6. The van der Waals surface area contributed by atoms with Gasteiger partial charge in [0.15, 0.2) is 11.5 Å². The summed E-state index contributed by atoms with van der Waals surface area (Å²) in [6, 6.07) is 3.64. The van der Waals surface area contributed by atoms with Crippen molar-refractivity contribution >= 4 is 84.9 Å². The van der Waals surface area contributed by atoms with Crippen molar-refractivity contribution in [3.63, 3.8) is 0 Å². The van der Waals surface area contributed by atoms with Gasteiger partial charge in [0.1, 0.15) is 74.0 Å². The minimum absolute atomic E-state index is 0.0185. The molecule has 8 bridgehead atoms. The van der Waals surface area contributed by atoms with E-state index in [0.29, 0.717) is 30.1 Å². The number of aliphatic hydroxyl groups is 4. The number of piperidine rings is 1. The van der Waals surface area contributed by atoms with Gasteiger partial charge in [-0.15, -0.1) is 0 Å². The number of methoxy groups -OCH3 is 2. The number of ether oxygens (including phenoxy) is 8. The van der Waals surface area contributed by atoms with Crippen LogP contribution in [0.5, 0.6) is 34.5 Å². The van der Waals surface area contributed by atoms with Crippen LogP contribution in [0.4, 0.5) is 11.4 Å². The third-order valence-electron chi connectivity index (χ3n) is 24.4. The van der Waals surface area contributed by atoms with E-state index in [-0.39, 0.29) is 105 Å². The van der Waals surface area contributed by atoms with E-state index in [4.69, 9.17) is 47.9 Å². The number of anilines is 2. The number of likely N-dealkylation sites (tertiary alicyclic amines) is 1. The number of hydrogen-bond acceptors (Lipinski definition) is 26. The van der Waals surface area contributed by atoms with Gasteiger partial charge >= 0.3 is 23.5 Å². The Morgan fingerprint density at radius 2 is 1.08 bits per heavy atom. The van der Waals surface area contributed by atoms with Gasteiger partial charge in [-0.3, -0.25) is 38.2 Å². The number of nitrogens with one attached hydrogen (secondary N) is 2. The largest absolute Gasteiger partial charge is 0.507 e. The zero-order chi connectivity index (χ0) is 86.7. The quantitative estimate of drug-likeness (QED) is 0.0421. The lowest BCUT2D eigenvalue weighted by Crippen LogP contribution is -2.47. The Labute approximate surface area is 685 Å². The number of aliphatic hydroxyl groups excluding tert-OH is 4. The van der Waals surface area contributed by atoms with Gasteiger partial charge in [-0.25, -0.2) is 9.98 Å². The maximum atomic E-state index is 14.7. The number of pyridine rings is 1. The number of aryl methyl sites for hydroxylation is 1. The molecule has 29 nitrogen and oxygen atoms in total. The van der Waals surface area contributed by atoms with Crippen molar-refractivity contribution in [1.29, 1.82) is 0 Å². The molecule has 1 saturated heterocycles. The van der Waals surface area contributed by atoms with Gasteiger partial charge in [0.25, 0.3) is 23.4 Å². The molecule has 29 heteroatoms. The van der Waals surface area contributed by atoms with Crippen LogP contribution in [-0.4, -0.2) is 190 Å². The maximum Gasteiger partial charge on any atom is 0.312 e. The lowest BCUT2D eigenvalue weighted by Gasteiger charge is -2.38. The summed E-state index contributed by atoms with van der Waals surface area (Å²) >= 11 is 0. The zero-order valence-corrected chi connectivity index (χ0v) is 70.9. The first kappa shape index (κ1) is 88.5. The molecule has 6 aromatic rings. The first-order valence-electron chi connectivity index (χ1n) is 40.2. The summed E-state index contributed by atoms with van der Waals surface area (Å²) in [7, 11) is 2.93. The molecule has 6 aliphatic heterocycles. The minimum Gasteiger partial charge on any atom is -0.507 e. The van der Waals surface area contributed by atoms with Crippen molar-refractivity contribution in [2.24, 2.45) is 63.2 Å². The fourth-order valence-corrected chi connectivity index (χ4v) is 17.3. The average Bonchev–Trinajstić information content (AvgIpc) is 1.52. The van der Waals surface area contributed by atoms with Gasteiger partial charge in [-0.05, 0) is 70.4 Å². The van der Waals surface area contributed by atoms with Gasteiger partial charge in [0, 0.05) is 161 Å². The maximum absolute atomic E-state index is 14.7. The molecule has 2 amide bonds. The van der Waals surface area contributed by atoms with E-state index in [0.717, 1.165) is 25.2 Å². The number of carbonyl (C=O) groups excluding carboxylic acids is 6. The predicted octanol–water partition coefficient (Wildman–Crippen LogP) is 10.9. The standard InChI is InChI=1S/C46H62N4O11.C43H51N3O11/c1-22(2)21-50-18-16-46(17-19-50)48-34-31-32-39(54)28(8)42-33(31)43(56)45(10,61-42)59-20-15-30(58-11)25(5)41(60-29(9)51)27(7)38(53)26(6)37(52)23(3)13-12-14-24(4)44(57)47-36(40(32)55)35(34)49-46;1-19-14-16-46-28(18-19)44-32-29-30-37(50)25(7)40-31(29)41(52)43(9,57-40)55-17-15-27(54-10)22(4)39(56-26(8)47)24(6)36(49)23(5)35(48)20(2)12-11-13-21(3)42(53)45-33(34(32)46)38(30)51/h12-15,20,22-23,25-27,30,37-38,41,48,52-55H,16-19,21H2,1-11H3;11-18,20,22-24,27,35-36,39,48-51H,1-10H3,(H,45,53)/b13-12-,20-15?,24-14-,47-36?;12-11-,17-15?,21-13-/t23-,25+,26+,27+,30-,37-,38+,41+,45-;20-,22+,23+,24+,27-,35-,36+,39+,43-/m00/s1. The van der Waals surface area contributed by atoms with Crippen molar-refractivity contribution in [2.45, 2.75) is 210 Å². The number of imidazole rings is 1. The molecule has 18 atom stereocenters. The number of ketones is 2. The Morgan fingerprint density at radius 3 is 1.55 bits per heavy atom. The summed E-state index contributed by atoms with van der Waals surface area (Å²) in [4.78, 5) is 98.4. The Balaban J connectivity index is 0.000000232. The number of nitrogens with zero attached hydrogens (tertiary/aromatic N) is 5. The van der Waals surface area contributed by atoms with E-state index in [2.05, 4.69) is 34.4 Å². The first-order chi connectivity index (χ1) is 55.5. The molecule has 12 rings (SSSR count). The third kappa shape index (κ3) is 16.5. The normalized spacial score (nSPS) is 31.2. The van der Waals surface area contributed by atoms with E-state index >= 15 is 0 Å². The topological polar surface area (TPSA) is 407 Å². The molecule has 4 aromatic carbocycles. The van der Waals surface area contributed by atoms with Crippen LogP contribution in [0, 0.1) is 74.0 Å². The van der Waals surface area contributed by atoms with Crippen LogP contribution < -0.4 is 30.8 Å². The van der Waals surface area contributed by atoms with Crippen LogP contribution in [0.2, 0.25) is 0 Å². The number of allylic oxidation sites excluding steroid dienone is 4. The highest BCUT2D eigenvalue weighted by atomic mass is 16.7. The van der Waals surface area contributed by atoms with Crippen LogP contribution >= 0.6 is 0 Å². The van der Waals surface area contributed by atoms with Crippen molar-refractivity contribution < 1.29 is 108 Å². The molecule has 6 aliphatic rings. The molecule has 0 unspecified atom stereocenters. The number of benzene rings is 4. The average molecular weight is 1630 g/mol. The molecule has 8 heterocycles. The van der Waals surface area contributed by atoms with Crippen molar-refractivity contribution in [3.8, 4) is 34.5 Å². The minimum atomic E-state index is -1.96. The second-order valence-corrected chi connectivity index (χ2v) is 33.6. The fraction of sp³-hybridized carbons (Fsp3) is 0.517. The van der Waals surface area contributed by atoms with Gasteiger partial charge in [0.05, 0.1) is 76.7 Å². The number of hydrogen-bond donors (Lipinski definition) is 10. The number of fused-ring (bicyclic) bond motifs is 3. The van der Waals surface area contributed by atoms with E-state index in [1.807, 2.05) is 19.1 Å². The van der Waals surface area contributed by atoms with Crippen LogP contribution in [0.25, 0.3) is 38.2 Å². The summed E-state index contributed by atoms with van der Waals surface area (Å²) in [5, 5.41) is 99.9. The van der Waals surface area contributed by atoms with Crippen molar-refractivity contribution in [1.82, 2.24) is 14.3 Å². The van der Waals surface area contributed by atoms with Gasteiger partial charge in [-0.2, -0.15) is 0 Å². The van der Waals surface area contributed by atoms with Gasteiger partial charge in [-0.1, -0.05) is 106 Å². The summed E-state index contributed by atoms with van der Waals surface area (Å²) < 4.78 is 49.5. The molecule has 118 heavy (non-hydrogen) atoms. The first-order valence-corrected chi connectivity index (χ1v) is 40.2. The molecule has 0 saturated carbocycles. The highest BCUT2D eigenvalue weighted by Crippen LogP contribution is 2.56. The molecular weight excluding hydrogens is 1520 g/mol. The van der Waals surface area contributed by atoms with Crippen LogP contribution in [0.3, 0.4) is 0 Å². The second-order valence-electron chi connectivity index (χ2n) is 33.6. The fourth-order valence-electron chi connectivity index (χ4n) is 17.3. The highest BCUT2D eigenvalue weighted by molar-refractivity contribution is 6.28. The van der Waals surface area contributed by atoms with Gasteiger partial charge in [0.2, 0.25) is 0 Å². The summed E-state index contributed by atoms with van der Waals surface area (Å²) in [6.45, 7) is 34.2. The van der Waals surface area contributed by atoms with Crippen LogP contribution in [-0.2, 0) is 47.6 Å². The van der Waals surface area contributed by atoms with E-state index in [1.54, 1.807) is 129 Å². The van der Waals surface area contributed by atoms with Crippen molar-refractivity contribution in [2.75, 3.05) is 44.5 Å².